The van der Waals surface area contributed by atoms with Crippen molar-refractivity contribution in [2.24, 2.45) is 11.5 Å². The zero-order valence-electron chi connectivity index (χ0n) is 37.5. The van der Waals surface area contributed by atoms with E-state index in [-0.39, 0.29) is 13.0 Å². The van der Waals surface area contributed by atoms with Gasteiger partial charge in [0.1, 0.15) is 42.7 Å². The highest BCUT2D eigenvalue weighted by molar-refractivity contribution is 5.78. The van der Waals surface area contributed by atoms with Crippen LogP contribution in [0, 0.1) is 0 Å². The van der Waals surface area contributed by atoms with Crippen molar-refractivity contribution in [3.8, 4) is 0 Å². The van der Waals surface area contributed by atoms with E-state index in [0.29, 0.717) is 6.54 Å². The highest BCUT2D eigenvalue weighted by Gasteiger charge is 2.60. The summed E-state index contributed by atoms with van der Waals surface area (Å²) >= 11 is 0. The molecule has 66 heavy (non-hydrogen) atoms. The lowest BCUT2D eigenvalue weighted by Crippen LogP contribution is -2.70. The van der Waals surface area contributed by atoms with Crippen molar-refractivity contribution >= 4 is 23.8 Å². The number of nitrogens with two attached hydrogens (primary N) is 2. The fourth-order valence-corrected chi connectivity index (χ4v) is 8.42. The van der Waals surface area contributed by atoms with E-state index in [9.17, 15) is 80.5 Å². The molecule has 17 unspecified atom stereocenters. The standard InChI is InChI=1S/C41H74N4O21/c1-3-5-6-7-8-9-10-11-12-13-14-44-18-24(51)33-28(42)21(48)16-40(65-33,37(57)58)62-25(19-46)31(53)34-29(43)22(49)17-41(66-34,38(59)60)63-26(20-47)32(54)35-30(45-27(52)4-2)23(50)15-39(61,64-35)36(55)56/h21-26,28-35,44,46-51,53-54,61H,3-20,42-43H2,1-2H3,(H,45,52)(H,55,56)(H,57,58)(H,59,60). The third kappa shape index (κ3) is 14.6. The maximum absolute atomic E-state index is 13.0. The summed E-state index contributed by atoms with van der Waals surface area (Å²) in [5, 5.41) is 134. The number of aliphatic hydroxyl groups excluding tert-OH is 8. The molecule has 0 bridgehead atoms. The van der Waals surface area contributed by atoms with Gasteiger partial charge >= 0.3 is 17.9 Å². The average Bonchev–Trinajstić information content (AvgIpc) is 3.27. The van der Waals surface area contributed by atoms with Crippen molar-refractivity contribution in [1.29, 1.82) is 0 Å². The molecule has 0 spiro atoms. The highest BCUT2D eigenvalue weighted by Crippen LogP contribution is 2.39. The van der Waals surface area contributed by atoms with Crippen LogP contribution in [0.25, 0.3) is 0 Å². The van der Waals surface area contributed by atoms with Crippen molar-refractivity contribution in [3.63, 3.8) is 0 Å². The van der Waals surface area contributed by atoms with Gasteiger partial charge in [-0.1, -0.05) is 71.6 Å². The van der Waals surface area contributed by atoms with E-state index in [2.05, 4.69) is 17.6 Å². The third-order valence-electron chi connectivity index (χ3n) is 12.4. The molecular weight excluding hydrogens is 884 g/mol. The zero-order valence-corrected chi connectivity index (χ0v) is 37.5. The highest BCUT2D eigenvalue weighted by atomic mass is 16.8. The smallest absolute Gasteiger partial charge is 0.364 e. The Balaban J connectivity index is 1.79. The van der Waals surface area contributed by atoms with Crippen LogP contribution in [0.4, 0.5) is 0 Å². The van der Waals surface area contributed by atoms with Gasteiger partial charge in [0.2, 0.25) is 5.91 Å². The van der Waals surface area contributed by atoms with Crippen LogP contribution in [-0.2, 0) is 42.9 Å². The van der Waals surface area contributed by atoms with Crippen molar-refractivity contribution < 1.29 is 104 Å². The summed E-state index contributed by atoms with van der Waals surface area (Å²) in [5.74, 6) is -16.0. The van der Waals surface area contributed by atoms with Gasteiger partial charge in [-0.2, -0.15) is 0 Å². The molecule has 25 heteroatoms. The molecule has 384 valence electrons. The van der Waals surface area contributed by atoms with E-state index in [1.54, 1.807) is 0 Å². The van der Waals surface area contributed by atoms with Crippen LogP contribution in [0.3, 0.4) is 0 Å². The Kier molecular flexibility index (Phi) is 22.9. The SMILES string of the molecule is CCCCCCCCCCCCNCC(O)C1OC(OC(CO)C(O)C2OC(OC(CO)C(O)C3OC(O)(C(=O)O)CC(O)C3NC(=O)CC)(C(=O)O)CC(O)C2N)(C(=O)O)CC(O)C1N. The second-order valence-electron chi connectivity index (χ2n) is 17.5. The molecule has 0 aromatic rings. The fourth-order valence-electron chi connectivity index (χ4n) is 8.42. The van der Waals surface area contributed by atoms with Gasteiger partial charge < -0.3 is 107 Å². The second-order valence-corrected chi connectivity index (χ2v) is 17.5. The molecule has 3 saturated heterocycles. The molecule has 3 aliphatic rings. The second kappa shape index (κ2) is 26.3. The van der Waals surface area contributed by atoms with Gasteiger partial charge in [0.15, 0.2) is 0 Å². The lowest BCUT2D eigenvalue weighted by molar-refractivity contribution is -0.353. The lowest BCUT2D eigenvalue weighted by Gasteiger charge is -2.49. The largest absolute Gasteiger partial charge is 0.477 e. The predicted molar refractivity (Wildman–Crippen MR) is 225 cm³/mol. The third-order valence-corrected chi connectivity index (χ3v) is 12.4. The molecule has 3 aliphatic heterocycles. The molecule has 0 radical (unpaired) electrons. The fraction of sp³-hybridized carbons (Fsp3) is 0.902. The van der Waals surface area contributed by atoms with Gasteiger partial charge in [-0.3, -0.25) is 4.79 Å². The summed E-state index contributed by atoms with van der Waals surface area (Å²) in [7, 11) is 0. The molecule has 17 atom stereocenters. The maximum atomic E-state index is 13.0. The van der Waals surface area contributed by atoms with E-state index >= 15 is 0 Å². The number of hydrogen-bond donors (Lipinski definition) is 16. The van der Waals surface area contributed by atoms with Crippen molar-refractivity contribution in [3.05, 3.63) is 0 Å². The Morgan fingerprint density at radius 3 is 1.56 bits per heavy atom. The first-order valence-electron chi connectivity index (χ1n) is 22.7. The van der Waals surface area contributed by atoms with Crippen LogP contribution < -0.4 is 22.1 Å². The number of rotatable bonds is 29. The number of unbranched alkanes of at least 4 members (excludes halogenated alkanes) is 9. The first-order chi connectivity index (χ1) is 31.1. The number of hydrogen-bond acceptors (Lipinski definition) is 21. The molecule has 0 saturated carbocycles. The van der Waals surface area contributed by atoms with Gasteiger partial charge in [-0.25, -0.2) is 14.4 Å². The summed E-state index contributed by atoms with van der Waals surface area (Å²) in [6.07, 6.45) is -14.2. The molecule has 0 aromatic carbocycles. The van der Waals surface area contributed by atoms with E-state index in [0.717, 1.165) is 32.1 Å². The van der Waals surface area contributed by atoms with E-state index < -0.39 is 159 Å². The molecule has 25 nitrogen and oxygen atoms in total. The summed E-state index contributed by atoms with van der Waals surface area (Å²) in [5.41, 5.74) is 12.3. The quantitative estimate of drug-likeness (QED) is 0.0315. The first-order valence-corrected chi connectivity index (χ1v) is 22.7. The summed E-state index contributed by atoms with van der Waals surface area (Å²) in [6.45, 7) is 1.33. The monoisotopic (exact) mass is 958 g/mol. The number of carboxylic acids is 3. The van der Waals surface area contributed by atoms with Crippen molar-refractivity contribution in [2.75, 3.05) is 26.3 Å². The van der Waals surface area contributed by atoms with Crippen LogP contribution in [0.2, 0.25) is 0 Å². The number of carboxylic acid groups (broad SMARTS) is 3. The van der Waals surface area contributed by atoms with E-state index in [4.69, 9.17) is 35.2 Å². The summed E-state index contributed by atoms with van der Waals surface area (Å²) in [6, 6.07) is -4.79. The van der Waals surface area contributed by atoms with Gasteiger partial charge in [0.25, 0.3) is 17.4 Å². The van der Waals surface area contributed by atoms with Gasteiger partial charge in [0.05, 0.1) is 55.8 Å². The zero-order chi connectivity index (χ0) is 49.6. The Bertz CT molecular complexity index is 1540. The molecule has 0 aliphatic carbocycles. The van der Waals surface area contributed by atoms with Crippen molar-refractivity contribution in [1.82, 2.24) is 10.6 Å². The first kappa shape index (κ1) is 57.5. The Morgan fingerprint density at radius 1 is 0.652 bits per heavy atom. The Labute approximate surface area is 382 Å². The lowest BCUT2D eigenvalue weighted by atomic mass is 9.87. The topological polar surface area (TPSA) is 433 Å². The summed E-state index contributed by atoms with van der Waals surface area (Å²) < 4.78 is 27.8. The predicted octanol–water partition coefficient (Wildman–Crippen LogP) is -4.33. The summed E-state index contributed by atoms with van der Waals surface area (Å²) in [4.78, 5) is 50.1. The number of aliphatic carboxylic acids is 3. The van der Waals surface area contributed by atoms with E-state index in [1.165, 1.54) is 39.0 Å². The average molecular weight is 959 g/mol. The Morgan fingerprint density at radius 2 is 1.11 bits per heavy atom. The van der Waals surface area contributed by atoms with Crippen LogP contribution >= 0.6 is 0 Å². The minimum absolute atomic E-state index is 0.143. The number of carbonyl (C=O) groups is 4. The minimum atomic E-state index is -3.20. The van der Waals surface area contributed by atoms with Gasteiger partial charge in [0, 0.05) is 32.2 Å². The van der Waals surface area contributed by atoms with E-state index in [1.807, 2.05) is 0 Å². The number of carbonyl (C=O) groups excluding carboxylic acids is 1. The molecular formula is C41H74N4O21. The van der Waals surface area contributed by atoms with Gasteiger partial charge in [-0.05, 0) is 13.0 Å². The minimum Gasteiger partial charge on any atom is -0.477 e. The molecule has 1 amide bonds. The normalized spacial score (nSPS) is 35.0. The molecule has 18 N–H and O–H groups in total. The Hall–Kier alpha value is -2.80. The molecule has 3 rings (SSSR count). The van der Waals surface area contributed by atoms with Crippen LogP contribution in [-0.4, -0.2) is 214 Å². The number of nitrogens with one attached hydrogen (secondary N) is 2. The van der Waals surface area contributed by atoms with Gasteiger partial charge in [-0.15, -0.1) is 0 Å². The molecule has 3 fully saturated rings. The molecule has 0 aromatic heterocycles. The van der Waals surface area contributed by atoms with Crippen LogP contribution in [0.5, 0.6) is 0 Å². The molecule has 3 heterocycles. The maximum Gasteiger partial charge on any atom is 0.364 e. The van der Waals surface area contributed by atoms with Crippen LogP contribution in [0.15, 0.2) is 0 Å². The van der Waals surface area contributed by atoms with Crippen molar-refractivity contribution in [2.45, 2.75) is 206 Å². The number of ether oxygens (including phenoxy) is 5. The number of aliphatic hydroxyl groups is 9. The number of amides is 1. The van der Waals surface area contributed by atoms with Crippen LogP contribution in [0.1, 0.15) is 104 Å².